The van der Waals surface area contributed by atoms with Gasteiger partial charge < -0.3 is 20.0 Å². The fourth-order valence-corrected chi connectivity index (χ4v) is 5.48. The molecule has 1 aliphatic carbocycles. The lowest BCUT2D eigenvalue weighted by Gasteiger charge is -2.38. The lowest BCUT2D eigenvalue weighted by atomic mass is 9.91. The smallest absolute Gasteiger partial charge is 0.264 e. The number of hydrogen-bond acceptors (Lipinski definition) is 7. The average Bonchev–Trinajstić information content (AvgIpc) is 3.53. The molecule has 3 aliphatic rings. The molecule has 1 amide bonds. The number of carbonyl (C=O) groups is 1. The van der Waals surface area contributed by atoms with Crippen molar-refractivity contribution in [2.24, 2.45) is 5.92 Å². The molecule has 1 atom stereocenters. The first-order chi connectivity index (χ1) is 17.6. The van der Waals surface area contributed by atoms with Gasteiger partial charge in [-0.2, -0.15) is 5.10 Å². The normalized spacial score (nSPS) is 23.7. The Labute approximate surface area is 212 Å². The predicted octanol–water partition coefficient (Wildman–Crippen LogP) is 1.45. The zero-order chi connectivity index (χ0) is 25.9. The number of piperidine rings is 1. The second-order valence-electron chi connectivity index (χ2n) is 11.1. The summed E-state index contributed by atoms with van der Waals surface area (Å²) < 4.78 is 17.5. The van der Waals surface area contributed by atoms with E-state index >= 15 is 0 Å². The molecule has 0 unspecified atom stereocenters. The highest BCUT2D eigenvalue weighted by Gasteiger charge is 2.39. The molecule has 11 heteroatoms. The molecule has 4 heterocycles. The lowest BCUT2D eigenvalue weighted by molar-refractivity contribution is -0.137. The number of hydrogen-bond donors (Lipinski definition) is 2. The number of fused-ring (bicyclic) bond motifs is 1. The third-order valence-electron chi connectivity index (χ3n) is 7.92. The number of rotatable bonds is 5. The minimum Gasteiger partial charge on any atom is -0.388 e. The van der Waals surface area contributed by atoms with E-state index in [9.17, 15) is 24.2 Å². The molecular formula is C26H31FN6O4. The molecule has 6 rings (SSSR count). The van der Waals surface area contributed by atoms with Crippen molar-refractivity contribution in [2.75, 3.05) is 31.1 Å². The molecule has 2 aromatic heterocycles. The van der Waals surface area contributed by atoms with Crippen LogP contribution in [0, 0.1) is 11.7 Å². The fraction of sp³-hybridized carbons (Fsp3) is 0.538. The molecule has 37 heavy (non-hydrogen) atoms. The Bertz CT molecular complexity index is 1420. The highest BCUT2D eigenvalue weighted by molar-refractivity contribution is 5.81. The van der Waals surface area contributed by atoms with Crippen LogP contribution < -0.4 is 10.5 Å². The van der Waals surface area contributed by atoms with E-state index in [0.717, 1.165) is 12.8 Å². The molecule has 1 aromatic carbocycles. The Morgan fingerprint density at radius 1 is 1.16 bits per heavy atom. The maximum Gasteiger partial charge on any atom is 0.264 e. The molecule has 0 radical (unpaired) electrons. The number of carbonyl (C=O) groups excluding carboxylic acids is 1. The third-order valence-corrected chi connectivity index (χ3v) is 7.92. The summed E-state index contributed by atoms with van der Waals surface area (Å²) in [5.41, 5.74) is -1.04. The quantitative estimate of drug-likeness (QED) is 0.534. The molecule has 0 bridgehead atoms. The van der Waals surface area contributed by atoms with E-state index in [1.807, 2.05) is 4.90 Å². The minimum absolute atomic E-state index is 0.0843. The van der Waals surface area contributed by atoms with Crippen molar-refractivity contribution >= 4 is 22.6 Å². The first-order valence-corrected chi connectivity index (χ1v) is 12.8. The highest BCUT2D eigenvalue weighted by Crippen LogP contribution is 2.34. The highest BCUT2D eigenvalue weighted by atomic mass is 19.1. The van der Waals surface area contributed by atoms with Gasteiger partial charge in [0.2, 0.25) is 5.91 Å². The summed E-state index contributed by atoms with van der Waals surface area (Å²) in [7, 11) is 0. The first kappa shape index (κ1) is 24.1. The van der Waals surface area contributed by atoms with Crippen LogP contribution in [0.4, 0.5) is 10.1 Å². The largest absolute Gasteiger partial charge is 0.388 e. The first-order valence-electron chi connectivity index (χ1n) is 12.8. The average molecular weight is 511 g/mol. The fourth-order valence-electron chi connectivity index (χ4n) is 5.48. The number of nitrogens with zero attached hydrogens (tertiary/aromatic N) is 6. The minimum atomic E-state index is -1.10. The van der Waals surface area contributed by atoms with Gasteiger partial charge in [-0.3, -0.25) is 14.2 Å². The number of anilines is 1. The van der Waals surface area contributed by atoms with Crippen LogP contribution in [0.2, 0.25) is 0 Å². The van der Waals surface area contributed by atoms with E-state index in [0.29, 0.717) is 67.8 Å². The summed E-state index contributed by atoms with van der Waals surface area (Å²) in [5, 5.41) is 26.1. The zero-order valence-corrected chi connectivity index (χ0v) is 20.8. The molecule has 0 spiro atoms. The van der Waals surface area contributed by atoms with Gasteiger partial charge in [-0.15, -0.1) is 0 Å². The van der Waals surface area contributed by atoms with Gasteiger partial charge >= 0.3 is 0 Å². The summed E-state index contributed by atoms with van der Waals surface area (Å²) in [4.78, 5) is 33.7. The number of aliphatic hydroxyl groups is 2. The van der Waals surface area contributed by atoms with Crippen LogP contribution in [-0.2, 0) is 11.3 Å². The van der Waals surface area contributed by atoms with E-state index in [1.54, 1.807) is 24.0 Å². The summed E-state index contributed by atoms with van der Waals surface area (Å²) in [6.07, 6.45) is 6.09. The summed E-state index contributed by atoms with van der Waals surface area (Å²) >= 11 is 0. The Balaban J connectivity index is 1.23. The maximum absolute atomic E-state index is 14.6. The molecular weight excluding hydrogens is 479 g/mol. The summed E-state index contributed by atoms with van der Waals surface area (Å²) in [6, 6.07) is 4.57. The summed E-state index contributed by atoms with van der Waals surface area (Å²) in [5.74, 6) is -0.0699. The second kappa shape index (κ2) is 8.63. The van der Waals surface area contributed by atoms with Crippen LogP contribution in [0.3, 0.4) is 0 Å². The number of β-amino-alcohol motifs (C(OH)–C–C–N with tert-alkyl or cyclic N) is 1. The van der Waals surface area contributed by atoms with Gasteiger partial charge in [0.05, 0.1) is 35.3 Å². The van der Waals surface area contributed by atoms with Crippen molar-refractivity contribution in [3.05, 3.63) is 46.9 Å². The molecule has 196 valence electrons. The summed E-state index contributed by atoms with van der Waals surface area (Å²) in [6.45, 7) is 3.64. The van der Waals surface area contributed by atoms with Gasteiger partial charge in [0.1, 0.15) is 17.5 Å². The Morgan fingerprint density at radius 2 is 1.92 bits per heavy atom. The van der Waals surface area contributed by atoms with E-state index < -0.39 is 17.0 Å². The van der Waals surface area contributed by atoms with Crippen LogP contribution >= 0.6 is 0 Å². The van der Waals surface area contributed by atoms with Crippen molar-refractivity contribution in [1.29, 1.82) is 0 Å². The predicted molar refractivity (Wildman–Crippen MR) is 134 cm³/mol. The SMILES string of the molecule is C[C@@]1(O)CCN(c2cc(-n3ncc4c(=O)n(CC5(O)CCN(C(=O)C6CC6)CC5)cnc43)ccc2F)C1. The van der Waals surface area contributed by atoms with Crippen LogP contribution in [0.25, 0.3) is 16.7 Å². The number of halogens is 1. The Kier molecular flexibility index (Phi) is 5.61. The number of amides is 1. The lowest BCUT2D eigenvalue weighted by Crippen LogP contribution is -2.50. The number of benzene rings is 1. The zero-order valence-electron chi connectivity index (χ0n) is 20.8. The van der Waals surface area contributed by atoms with E-state index in [1.165, 1.54) is 27.8 Å². The van der Waals surface area contributed by atoms with Gasteiger partial charge in [-0.1, -0.05) is 0 Å². The van der Waals surface area contributed by atoms with Gasteiger partial charge in [0.25, 0.3) is 5.56 Å². The van der Waals surface area contributed by atoms with Crippen molar-refractivity contribution < 1.29 is 19.4 Å². The van der Waals surface area contributed by atoms with Crippen molar-refractivity contribution in [3.63, 3.8) is 0 Å². The van der Waals surface area contributed by atoms with Gasteiger partial charge in [-0.25, -0.2) is 14.1 Å². The van der Waals surface area contributed by atoms with Crippen molar-refractivity contribution in [3.8, 4) is 5.69 Å². The Morgan fingerprint density at radius 3 is 2.59 bits per heavy atom. The third kappa shape index (κ3) is 4.50. The molecule has 3 fully saturated rings. The number of aromatic nitrogens is 4. The molecule has 10 nitrogen and oxygen atoms in total. The van der Waals surface area contributed by atoms with Crippen LogP contribution in [-0.4, -0.2) is 77.7 Å². The number of likely N-dealkylation sites (tertiary alicyclic amines) is 1. The molecule has 2 saturated heterocycles. The van der Waals surface area contributed by atoms with Crippen molar-refractivity contribution in [2.45, 2.75) is 56.8 Å². The maximum atomic E-state index is 14.6. The van der Waals surface area contributed by atoms with Gasteiger partial charge in [-0.05, 0) is 57.2 Å². The van der Waals surface area contributed by atoms with Crippen molar-refractivity contribution in [1.82, 2.24) is 24.2 Å². The van der Waals surface area contributed by atoms with Gasteiger partial charge in [0, 0.05) is 32.1 Å². The van der Waals surface area contributed by atoms with E-state index in [2.05, 4.69) is 10.1 Å². The standard InChI is InChI=1S/C26H31FN6O4/c1-25(36)6-9-31(14-25)21-12-18(4-5-20(21)27)33-22-19(13-29-33)24(35)32(16-28-22)15-26(37)7-10-30(11-8-26)23(34)17-2-3-17/h4-5,12-13,16-17,36-37H,2-3,6-11,14-15H2,1H3/t25-/m1/s1. The van der Waals surface area contributed by atoms with E-state index in [4.69, 9.17) is 0 Å². The molecule has 2 N–H and O–H groups in total. The molecule has 3 aromatic rings. The molecule has 1 saturated carbocycles. The monoisotopic (exact) mass is 510 g/mol. The topological polar surface area (TPSA) is 117 Å². The van der Waals surface area contributed by atoms with Crippen LogP contribution in [0.1, 0.15) is 39.0 Å². The van der Waals surface area contributed by atoms with Crippen LogP contribution in [0.15, 0.2) is 35.5 Å². The van der Waals surface area contributed by atoms with Gasteiger partial charge in [0.15, 0.2) is 5.65 Å². The molecule has 2 aliphatic heterocycles. The van der Waals surface area contributed by atoms with E-state index in [-0.39, 0.29) is 23.9 Å². The van der Waals surface area contributed by atoms with Crippen LogP contribution in [0.5, 0.6) is 0 Å². The Hall–Kier alpha value is -3.31. The second-order valence-corrected chi connectivity index (χ2v) is 11.1.